The Balaban J connectivity index is 1.33. The van der Waals surface area contributed by atoms with Crippen molar-refractivity contribution in [3.05, 3.63) is 59.8 Å². The molecule has 6 nitrogen and oxygen atoms in total. The van der Waals surface area contributed by atoms with E-state index in [1.807, 2.05) is 54.3 Å². The fourth-order valence-corrected chi connectivity index (χ4v) is 4.36. The fourth-order valence-electron chi connectivity index (χ4n) is 4.36. The van der Waals surface area contributed by atoms with Crippen molar-refractivity contribution in [3.8, 4) is 5.75 Å². The third kappa shape index (κ3) is 4.74. The molecule has 1 aliphatic heterocycles. The molecule has 0 bridgehead atoms. The van der Waals surface area contributed by atoms with Gasteiger partial charge >= 0.3 is 0 Å². The number of para-hydroxylation sites is 1. The summed E-state index contributed by atoms with van der Waals surface area (Å²) in [4.78, 5) is 30.7. The number of aryl methyl sites for hydroxylation is 1. The Bertz CT molecular complexity index is 1090. The highest BCUT2D eigenvalue weighted by atomic mass is 16.5. The maximum Gasteiger partial charge on any atom is 0.256 e. The quantitative estimate of drug-likeness (QED) is 0.605. The summed E-state index contributed by atoms with van der Waals surface area (Å²) in [6, 6.07) is 13.5. The smallest absolute Gasteiger partial charge is 0.256 e. The van der Waals surface area contributed by atoms with Gasteiger partial charge in [-0.25, -0.2) is 0 Å². The number of piperidine rings is 1. The molecule has 0 unspecified atom stereocenters. The molecule has 2 heterocycles. The number of methoxy groups -OCH3 is 1. The number of anilines is 1. The molecular formula is C25H29N3O3. The summed E-state index contributed by atoms with van der Waals surface area (Å²) in [7, 11) is 1.63. The van der Waals surface area contributed by atoms with Crippen molar-refractivity contribution in [3.63, 3.8) is 0 Å². The summed E-state index contributed by atoms with van der Waals surface area (Å²) >= 11 is 0. The van der Waals surface area contributed by atoms with Gasteiger partial charge in [0.25, 0.3) is 5.91 Å². The number of nitrogens with one attached hydrogen (secondary N) is 2. The maximum absolute atomic E-state index is 13.1. The van der Waals surface area contributed by atoms with Gasteiger partial charge in [0, 0.05) is 42.3 Å². The lowest BCUT2D eigenvalue weighted by Crippen LogP contribution is -2.40. The fraction of sp³-hybridized carbons (Fsp3) is 0.360. The molecule has 0 aliphatic carbocycles. The molecule has 0 saturated carbocycles. The first-order valence-electron chi connectivity index (χ1n) is 10.8. The molecule has 0 radical (unpaired) electrons. The monoisotopic (exact) mass is 419 g/mol. The standard InChI is InChI=1S/C25H29N3O3/c1-17-14-19(31-2)10-11-22(17)27-24(29)12-9-18-6-5-13-28(16-18)25(30)21-15-26-23-8-4-3-7-20(21)23/h3-4,7-8,10-11,14-15,18,26H,5-6,9,12-13,16H2,1-2H3,(H,27,29)/t18-/m1/s1. The normalized spacial score (nSPS) is 16.3. The number of nitrogens with zero attached hydrogens (tertiary/aromatic N) is 1. The number of carbonyl (C=O) groups excluding carboxylic acids is 2. The summed E-state index contributed by atoms with van der Waals surface area (Å²) in [5.74, 6) is 1.19. The van der Waals surface area contributed by atoms with Crippen LogP contribution in [0, 0.1) is 12.8 Å². The number of likely N-dealkylation sites (tertiary alicyclic amines) is 1. The molecule has 2 aromatic carbocycles. The van der Waals surface area contributed by atoms with E-state index in [1.54, 1.807) is 13.3 Å². The van der Waals surface area contributed by atoms with E-state index in [4.69, 9.17) is 4.74 Å². The molecule has 162 valence electrons. The number of fused-ring (bicyclic) bond motifs is 1. The lowest BCUT2D eigenvalue weighted by Gasteiger charge is -2.32. The minimum atomic E-state index is 0.00773. The van der Waals surface area contributed by atoms with E-state index in [-0.39, 0.29) is 11.8 Å². The molecule has 2 N–H and O–H groups in total. The second kappa shape index (κ2) is 9.25. The topological polar surface area (TPSA) is 74.4 Å². The second-order valence-electron chi connectivity index (χ2n) is 8.28. The van der Waals surface area contributed by atoms with Gasteiger partial charge in [0.05, 0.1) is 12.7 Å². The van der Waals surface area contributed by atoms with Crippen molar-refractivity contribution in [1.82, 2.24) is 9.88 Å². The lowest BCUT2D eigenvalue weighted by atomic mass is 9.92. The third-order valence-electron chi connectivity index (χ3n) is 6.11. The van der Waals surface area contributed by atoms with Crippen molar-refractivity contribution in [2.75, 3.05) is 25.5 Å². The van der Waals surface area contributed by atoms with E-state index in [9.17, 15) is 9.59 Å². The minimum Gasteiger partial charge on any atom is -0.497 e. The van der Waals surface area contributed by atoms with Crippen LogP contribution in [0.1, 0.15) is 41.6 Å². The molecule has 1 aromatic heterocycles. The Hall–Kier alpha value is -3.28. The van der Waals surface area contributed by atoms with Crippen molar-refractivity contribution in [2.24, 2.45) is 5.92 Å². The summed E-state index contributed by atoms with van der Waals surface area (Å²) < 4.78 is 5.21. The number of H-pyrrole nitrogens is 1. The van der Waals surface area contributed by atoms with Gasteiger partial charge in [-0.05, 0) is 61.9 Å². The van der Waals surface area contributed by atoms with E-state index in [2.05, 4.69) is 10.3 Å². The molecular weight excluding hydrogens is 390 g/mol. The first-order valence-corrected chi connectivity index (χ1v) is 10.8. The number of amides is 2. The van der Waals surface area contributed by atoms with Crippen LogP contribution in [0.5, 0.6) is 5.75 Å². The molecule has 31 heavy (non-hydrogen) atoms. The van der Waals surface area contributed by atoms with Crippen molar-refractivity contribution in [1.29, 1.82) is 0 Å². The van der Waals surface area contributed by atoms with Crippen LogP contribution < -0.4 is 10.1 Å². The highest BCUT2D eigenvalue weighted by Gasteiger charge is 2.26. The number of aromatic amines is 1. The van der Waals surface area contributed by atoms with Crippen LogP contribution in [-0.4, -0.2) is 41.9 Å². The molecule has 2 amide bonds. The number of rotatable bonds is 6. The SMILES string of the molecule is COc1ccc(NC(=O)CC[C@H]2CCCN(C(=O)c3c[nH]c4ccccc34)C2)c(C)c1. The predicted octanol–water partition coefficient (Wildman–Crippen LogP) is 4.76. The van der Waals surface area contributed by atoms with Gasteiger partial charge in [0.1, 0.15) is 5.75 Å². The second-order valence-corrected chi connectivity index (χ2v) is 8.28. The Morgan fingerprint density at radius 3 is 2.87 bits per heavy atom. The number of benzene rings is 2. The molecule has 1 aliphatic rings. The maximum atomic E-state index is 13.1. The largest absolute Gasteiger partial charge is 0.497 e. The number of hydrogen-bond donors (Lipinski definition) is 2. The zero-order valence-electron chi connectivity index (χ0n) is 18.1. The molecule has 6 heteroatoms. The van der Waals surface area contributed by atoms with Gasteiger partial charge in [-0.15, -0.1) is 0 Å². The minimum absolute atomic E-state index is 0.00773. The highest BCUT2D eigenvalue weighted by Crippen LogP contribution is 2.26. The number of hydrogen-bond acceptors (Lipinski definition) is 3. The van der Waals surface area contributed by atoms with Gasteiger partial charge in [0.2, 0.25) is 5.91 Å². The van der Waals surface area contributed by atoms with Crippen molar-refractivity contribution in [2.45, 2.75) is 32.6 Å². The first kappa shape index (κ1) is 21.0. The lowest BCUT2D eigenvalue weighted by molar-refractivity contribution is -0.116. The van der Waals surface area contributed by atoms with Gasteiger partial charge in [-0.3, -0.25) is 9.59 Å². The Morgan fingerprint density at radius 2 is 2.06 bits per heavy atom. The summed E-state index contributed by atoms with van der Waals surface area (Å²) in [5, 5.41) is 3.96. The van der Waals surface area contributed by atoms with Crippen molar-refractivity contribution >= 4 is 28.4 Å². The van der Waals surface area contributed by atoms with Crippen LogP contribution >= 0.6 is 0 Å². The highest BCUT2D eigenvalue weighted by molar-refractivity contribution is 6.06. The van der Waals surface area contributed by atoms with E-state index >= 15 is 0 Å². The zero-order chi connectivity index (χ0) is 21.8. The Labute approximate surface area is 182 Å². The predicted molar refractivity (Wildman–Crippen MR) is 123 cm³/mol. The van der Waals surface area contributed by atoms with Crippen LogP contribution in [0.25, 0.3) is 10.9 Å². The van der Waals surface area contributed by atoms with E-state index in [0.29, 0.717) is 18.9 Å². The summed E-state index contributed by atoms with van der Waals surface area (Å²) in [5.41, 5.74) is 3.49. The van der Waals surface area contributed by atoms with Crippen LogP contribution in [0.2, 0.25) is 0 Å². The van der Waals surface area contributed by atoms with Crippen LogP contribution in [0.4, 0.5) is 5.69 Å². The van der Waals surface area contributed by atoms with Gasteiger partial charge in [-0.1, -0.05) is 18.2 Å². The molecule has 4 rings (SSSR count). The number of carbonyl (C=O) groups is 2. The Kier molecular flexibility index (Phi) is 6.26. The molecule has 1 saturated heterocycles. The van der Waals surface area contributed by atoms with Crippen molar-refractivity contribution < 1.29 is 14.3 Å². The molecule has 0 spiro atoms. The average Bonchev–Trinajstić information content (AvgIpc) is 3.23. The third-order valence-corrected chi connectivity index (χ3v) is 6.11. The van der Waals surface area contributed by atoms with Gasteiger partial charge in [-0.2, -0.15) is 0 Å². The van der Waals surface area contributed by atoms with E-state index < -0.39 is 0 Å². The number of aromatic nitrogens is 1. The van der Waals surface area contributed by atoms with E-state index in [1.165, 1.54) is 0 Å². The van der Waals surface area contributed by atoms with E-state index in [0.717, 1.165) is 59.3 Å². The zero-order valence-corrected chi connectivity index (χ0v) is 18.1. The average molecular weight is 420 g/mol. The first-order chi connectivity index (χ1) is 15.0. The van der Waals surface area contributed by atoms with Gasteiger partial charge < -0.3 is 19.9 Å². The molecule has 1 atom stereocenters. The van der Waals surface area contributed by atoms with Crippen LogP contribution in [0.15, 0.2) is 48.7 Å². The van der Waals surface area contributed by atoms with Gasteiger partial charge in [0.15, 0.2) is 0 Å². The molecule has 3 aromatic rings. The van der Waals surface area contributed by atoms with Crippen LogP contribution in [-0.2, 0) is 4.79 Å². The molecule has 1 fully saturated rings. The van der Waals surface area contributed by atoms with Crippen LogP contribution in [0.3, 0.4) is 0 Å². The summed E-state index contributed by atoms with van der Waals surface area (Å²) in [6.45, 7) is 3.42. The summed E-state index contributed by atoms with van der Waals surface area (Å²) in [6.07, 6.45) is 5.05. The number of ether oxygens (including phenoxy) is 1. The Morgan fingerprint density at radius 1 is 1.23 bits per heavy atom.